The molecule has 4 aromatic heterocycles. The number of thiazole rings is 1. The van der Waals surface area contributed by atoms with Crippen molar-refractivity contribution in [3.63, 3.8) is 0 Å². The molecule has 2 saturated carbocycles. The van der Waals surface area contributed by atoms with Gasteiger partial charge in [-0.2, -0.15) is 9.19 Å². The van der Waals surface area contributed by atoms with Crippen LogP contribution in [0.5, 0.6) is 0 Å². The number of nitrogens with one attached hydrogen (secondary N) is 3. The summed E-state index contributed by atoms with van der Waals surface area (Å²) in [5, 5.41) is 27.1. The molecule has 0 spiro atoms. The monoisotopic (exact) mass is 609 g/mol. The zero-order valence-electron chi connectivity index (χ0n) is 23.8. The quantitative estimate of drug-likeness (QED) is 0.205. The van der Waals surface area contributed by atoms with E-state index in [-0.39, 0.29) is 5.25 Å². The van der Waals surface area contributed by atoms with Crippen LogP contribution < -0.4 is 16.0 Å². The predicted molar refractivity (Wildman–Crippen MR) is 163 cm³/mol. The highest BCUT2D eigenvalue weighted by Gasteiger charge is 2.37. The molecule has 222 valence electrons. The van der Waals surface area contributed by atoms with Crippen LogP contribution in [0.3, 0.4) is 0 Å². The molecule has 4 aromatic rings. The summed E-state index contributed by atoms with van der Waals surface area (Å²) in [5.74, 6) is 1.45. The minimum Gasteiger partial charge on any atom is -0.383 e. The van der Waals surface area contributed by atoms with Crippen molar-refractivity contribution in [2.24, 2.45) is 0 Å². The highest BCUT2D eigenvalue weighted by molar-refractivity contribution is 7.90. The largest absolute Gasteiger partial charge is 0.383 e. The van der Waals surface area contributed by atoms with Gasteiger partial charge in [0.05, 0.1) is 28.9 Å². The lowest BCUT2D eigenvalue weighted by Crippen LogP contribution is -2.35. The van der Waals surface area contributed by atoms with Crippen molar-refractivity contribution >= 4 is 38.7 Å². The molecule has 6 rings (SSSR count). The summed E-state index contributed by atoms with van der Waals surface area (Å²) in [7, 11) is -1.46. The number of aromatic nitrogens is 6. The molecule has 14 heteroatoms. The molecule has 0 unspecified atom stereocenters. The Morgan fingerprint density at radius 3 is 2.48 bits per heavy atom. The van der Waals surface area contributed by atoms with Crippen LogP contribution in [0.2, 0.25) is 0 Å². The summed E-state index contributed by atoms with van der Waals surface area (Å²) < 4.78 is 26.1. The van der Waals surface area contributed by atoms with Gasteiger partial charge >= 0.3 is 0 Å². The zero-order chi connectivity index (χ0) is 29.5. The highest BCUT2D eigenvalue weighted by Crippen LogP contribution is 2.35. The Kier molecular flexibility index (Phi) is 7.72. The maximum absolute atomic E-state index is 12.5. The van der Waals surface area contributed by atoms with Crippen molar-refractivity contribution in [1.29, 1.82) is 0 Å². The fourth-order valence-electron chi connectivity index (χ4n) is 5.05. The molecule has 0 aromatic carbocycles. The fraction of sp³-hybridized carbons (Fsp3) is 0.464. The first kappa shape index (κ1) is 28.6. The molecule has 0 amide bonds. The van der Waals surface area contributed by atoms with E-state index in [9.17, 15) is 13.5 Å². The summed E-state index contributed by atoms with van der Waals surface area (Å²) in [6.45, 7) is 3.46. The van der Waals surface area contributed by atoms with Crippen LogP contribution in [-0.4, -0.2) is 67.0 Å². The third-order valence-electron chi connectivity index (χ3n) is 7.64. The first-order valence-electron chi connectivity index (χ1n) is 14.1. The number of pyridine rings is 1. The number of anilines is 3. The smallest absolute Gasteiger partial charge is 0.256 e. The Labute approximate surface area is 249 Å². The van der Waals surface area contributed by atoms with Crippen LogP contribution >= 0.6 is 11.3 Å². The fourth-order valence-corrected chi connectivity index (χ4v) is 7.37. The van der Waals surface area contributed by atoms with Gasteiger partial charge in [-0.3, -0.25) is 0 Å². The normalized spacial score (nSPS) is 19.5. The summed E-state index contributed by atoms with van der Waals surface area (Å²) in [6, 6.07) is 4.53. The van der Waals surface area contributed by atoms with Crippen molar-refractivity contribution in [3.8, 4) is 22.6 Å². The van der Waals surface area contributed by atoms with Gasteiger partial charge in [-0.25, -0.2) is 28.4 Å². The van der Waals surface area contributed by atoms with Crippen molar-refractivity contribution in [1.82, 2.24) is 34.4 Å². The summed E-state index contributed by atoms with van der Waals surface area (Å²) in [4.78, 5) is 18.3. The second kappa shape index (κ2) is 11.3. The van der Waals surface area contributed by atoms with E-state index in [0.29, 0.717) is 53.0 Å². The van der Waals surface area contributed by atoms with E-state index in [1.54, 1.807) is 32.3 Å². The Morgan fingerprint density at radius 2 is 1.79 bits per heavy atom. The molecule has 42 heavy (non-hydrogen) atoms. The summed E-state index contributed by atoms with van der Waals surface area (Å²) >= 11 is 1.42. The Hall–Kier alpha value is -3.46. The van der Waals surface area contributed by atoms with Gasteiger partial charge in [-0.15, -0.1) is 11.3 Å². The first-order valence-corrected chi connectivity index (χ1v) is 16.5. The van der Waals surface area contributed by atoms with E-state index in [1.807, 2.05) is 18.5 Å². The summed E-state index contributed by atoms with van der Waals surface area (Å²) in [6.07, 6.45) is 11.9. The van der Waals surface area contributed by atoms with Crippen LogP contribution in [-0.2, 0) is 15.6 Å². The van der Waals surface area contributed by atoms with Gasteiger partial charge < -0.3 is 21.1 Å². The lowest BCUT2D eigenvalue weighted by atomic mass is 9.91. The maximum Gasteiger partial charge on any atom is 0.256 e. The van der Waals surface area contributed by atoms with E-state index in [4.69, 9.17) is 4.98 Å². The second-order valence-corrected chi connectivity index (χ2v) is 14.4. The molecular formula is C28H35N9O3S2. The van der Waals surface area contributed by atoms with Crippen molar-refractivity contribution in [3.05, 3.63) is 47.3 Å². The third-order valence-corrected chi connectivity index (χ3v) is 10.8. The minimum absolute atomic E-state index is 0.310. The van der Waals surface area contributed by atoms with Gasteiger partial charge in [-0.1, -0.05) is 0 Å². The first-order chi connectivity index (χ1) is 20.1. The molecular weight excluding hydrogens is 575 g/mol. The average molecular weight is 610 g/mol. The Bertz CT molecular complexity index is 1670. The SMILES string of the molecule is CNC1CCC(Nc2cc(Nc3ccnc(-c4cnn(S(=O)(=O)C5CC5)c4)n3)ncc2-c2csc(C(C)(C)O)n2)CC1. The van der Waals surface area contributed by atoms with Crippen molar-refractivity contribution < 1.29 is 13.5 Å². The van der Waals surface area contributed by atoms with E-state index in [1.165, 1.54) is 23.7 Å². The molecule has 0 bridgehead atoms. The maximum atomic E-state index is 12.5. The van der Waals surface area contributed by atoms with Gasteiger partial charge in [0.1, 0.15) is 22.2 Å². The molecule has 4 N–H and O–H groups in total. The molecule has 2 aliphatic rings. The predicted octanol–water partition coefficient (Wildman–Crippen LogP) is 4.11. The number of nitrogens with zero attached hydrogens (tertiary/aromatic N) is 6. The molecule has 2 fully saturated rings. The van der Waals surface area contributed by atoms with Crippen molar-refractivity contribution in [2.45, 2.75) is 75.3 Å². The number of rotatable bonds is 10. The van der Waals surface area contributed by atoms with Crippen LogP contribution in [0.1, 0.15) is 57.4 Å². The van der Waals surface area contributed by atoms with E-state index in [2.05, 4.69) is 36.0 Å². The number of hydrogen-bond acceptors (Lipinski definition) is 12. The summed E-state index contributed by atoms with van der Waals surface area (Å²) in [5.41, 5.74) is 1.99. The van der Waals surface area contributed by atoms with E-state index < -0.39 is 15.6 Å². The van der Waals surface area contributed by atoms with Crippen molar-refractivity contribution in [2.75, 3.05) is 17.7 Å². The zero-order valence-corrected chi connectivity index (χ0v) is 25.4. The standard InChI is InChI=1S/C28H35N9O3S2/c1-28(2,38)27-34-23(16-41-27)21-14-31-25(12-22(21)33-19-6-4-18(29-3)5-7-19)35-24-10-11-30-26(36-24)17-13-32-37(15-17)42(39,40)20-8-9-20/h10-16,18-20,29,38H,4-9H2,1-3H3,(H2,30,31,33,35,36). The molecule has 2 aliphatic carbocycles. The topological polar surface area (TPSA) is 160 Å². The third kappa shape index (κ3) is 6.16. The Morgan fingerprint density at radius 1 is 1.02 bits per heavy atom. The minimum atomic E-state index is -3.47. The van der Waals surface area contributed by atoms with Crippen LogP contribution in [0.4, 0.5) is 17.3 Å². The Balaban J connectivity index is 1.26. The van der Waals surface area contributed by atoms with Crippen LogP contribution in [0.25, 0.3) is 22.6 Å². The van der Waals surface area contributed by atoms with Gasteiger partial charge in [0.2, 0.25) is 0 Å². The molecule has 0 radical (unpaired) electrons. The van der Waals surface area contributed by atoms with Crippen LogP contribution in [0, 0.1) is 0 Å². The lowest BCUT2D eigenvalue weighted by Gasteiger charge is -2.30. The van der Waals surface area contributed by atoms with Gasteiger partial charge in [0, 0.05) is 47.2 Å². The molecule has 12 nitrogen and oxygen atoms in total. The second-order valence-electron chi connectivity index (χ2n) is 11.4. The molecule has 0 aliphatic heterocycles. The van der Waals surface area contributed by atoms with E-state index in [0.717, 1.165) is 46.7 Å². The molecule has 4 heterocycles. The molecule has 0 saturated heterocycles. The lowest BCUT2D eigenvalue weighted by molar-refractivity contribution is 0.0783. The van der Waals surface area contributed by atoms with Gasteiger partial charge in [0.25, 0.3) is 10.0 Å². The van der Waals surface area contributed by atoms with Gasteiger partial charge in [-0.05, 0) is 65.5 Å². The molecule has 0 atom stereocenters. The van der Waals surface area contributed by atoms with E-state index >= 15 is 0 Å². The number of aliphatic hydroxyl groups is 1. The average Bonchev–Trinajstić information content (AvgIpc) is 3.49. The van der Waals surface area contributed by atoms with Crippen LogP contribution in [0.15, 0.2) is 42.3 Å². The number of hydrogen-bond donors (Lipinski definition) is 4. The highest BCUT2D eigenvalue weighted by atomic mass is 32.2. The van der Waals surface area contributed by atoms with Gasteiger partial charge in [0.15, 0.2) is 5.82 Å².